The molecule has 2 aromatic rings. The number of aliphatic imine (C=N–C) groups is 1. The molecule has 1 atom stereocenters. The molecule has 0 spiro atoms. The predicted molar refractivity (Wildman–Crippen MR) is 118 cm³/mol. The molecular weight excluding hydrogens is 364 g/mol. The topological polar surface area (TPSA) is 62.1 Å². The number of carbonyl (C=O) groups is 1. The Hall–Kier alpha value is -2.66. The van der Waals surface area contributed by atoms with Gasteiger partial charge in [-0.25, -0.2) is 4.79 Å². The normalized spacial score (nSPS) is 17.0. The minimum atomic E-state index is -0.335. The van der Waals surface area contributed by atoms with Crippen LogP contribution in [0.25, 0.3) is 0 Å². The first-order valence-corrected chi connectivity index (χ1v) is 10.1. The highest BCUT2D eigenvalue weighted by Crippen LogP contribution is 2.27. The number of hydrogen-bond acceptors (Lipinski definition) is 5. The fraction of sp³-hybridized carbons (Fsp3) is 0.417. The molecule has 29 heavy (non-hydrogen) atoms. The number of nitrogens with zero attached hydrogens (tertiary/aromatic N) is 2. The number of esters is 1. The number of aliphatic hydroxyl groups is 1. The minimum Gasteiger partial charge on any atom is -0.465 e. The van der Waals surface area contributed by atoms with Crippen molar-refractivity contribution in [1.82, 2.24) is 0 Å². The van der Waals surface area contributed by atoms with Gasteiger partial charge in [0, 0.05) is 31.6 Å². The van der Waals surface area contributed by atoms with Crippen LogP contribution < -0.4 is 4.90 Å². The molecule has 5 nitrogen and oxygen atoms in total. The Labute approximate surface area is 173 Å². The molecule has 1 N–H and O–H groups in total. The monoisotopic (exact) mass is 394 g/mol. The molecule has 2 aromatic carbocycles. The van der Waals surface area contributed by atoms with Crippen LogP contribution in [-0.4, -0.2) is 44.1 Å². The fourth-order valence-corrected chi connectivity index (χ4v) is 3.94. The standard InChI is InChI=1S/C24H30N2O3/c1-16-7-8-22(26-9-5-6-19(14-26)15-27)12-21(16)13-25-23-17(2)10-20(11-18(23)3)24(28)29-4/h7-8,10-13,19,27H,5-6,9,14-15H2,1-4H3. The van der Waals surface area contributed by atoms with Crippen molar-refractivity contribution in [3.8, 4) is 0 Å². The third-order valence-electron chi connectivity index (χ3n) is 5.65. The largest absolute Gasteiger partial charge is 0.465 e. The summed E-state index contributed by atoms with van der Waals surface area (Å²) in [5.41, 5.74) is 6.71. The number of ether oxygens (including phenoxy) is 1. The van der Waals surface area contributed by atoms with Gasteiger partial charge < -0.3 is 14.7 Å². The number of aryl methyl sites for hydroxylation is 3. The molecule has 0 amide bonds. The quantitative estimate of drug-likeness (QED) is 0.605. The molecule has 1 fully saturated rings. The van der Waals surface area contributed by atoms with Crippen molar-refractivity contribution in [3.63, 3.8) is 0 Å². The number of methoxy groups -OCH3 is 1. The van der Waals surface area contributed by atoms with Gasteiger partial charge in [0.25, 0.3) is 0 Å². The highest BCUT2D eigenvalue weighted by atomic mass is 16.5. The predicted octanol–water partition coefficient (Wildman–Crippen LogP) is 4.36. The summed E-state index contributed by atoms with van der Waals surface area (Å²) in [7, 11) is 1.39. The van der Waals surface area contributed by atoms with Crippen LogP contribution in [0.5, 0.6) is 0 Å². The van der Waals surface area contributed by atoms with E-state index in [0.29, 0.717) is 11.5 Å². The molecule has 0 bridgehead atoms. The average molecular weight is 395 g/mol. The molecular formula is C24H30N2O3. The van der Waals surface area contributed by atoms with Gasteiger partial charge in [0.2, 0.25) is 0 Å². The number of piperidine rings is 1. The van der Waals surface area contributed by atoms with Crippen molar-refractivity contribution in [2.75, 3.05) is 31.7 Å². The van der Waals surface area contributed by atoms with Gasteiger partial charge in [-0.3, -0.25) is 4.99 Å². The molecule has 0 saturated carbocycles. The molecule has 0 aromatic heterocycles. The summed E-state index contributed by atoms with van der Waals surface area (Å²) in [6.07, 6.45) is 4.10. The Balaban J connectivity index is 1.86. The molecule has 0 radical (unpaired) electrons. The molecule has 154 valence electrons. The van der Waals surface area contributed by atoms with Gasteiger partial charge in [-0.15, -0.1) is 0 Å². The number of aliphatic hydroxyl groups excluding tert-OH is 1. The summed E-state index contributed by atoms with van der Waals surface area (Å²) in [4.78, 5) is 18.9. The second kappa shape index (κ2) is 9.23. The average Bonchev–Trinajstić information content (AvgIpc) is 2.73. The lowest BCUT2D eigenvalue weighted by Gasteiger charge is -2.34. The van der Waals surface area contributed by atoms with Gasteiger partial charge >= 0.3 is 5.97 Å². The smallest absolute Gasteiger partial charge is 0.337 e. The van der Waals surface area contributed by atoms with Crippen LogP contribution in [0.3, 0.4) is 0 Å². The highest BCUT2D eigenvalue weighted by molar-refractivity contribution is 5.91. The minimum absolute atomic E-state index is 0.247. The van der Waals surface area contributed by atoms with Crippen molar-refractivity contribution < 1.29 is 14.6 Å². The number of anilines is 1. The zero-order valence-corrected chi connectivity index (χ0v) is 17.7. The van der Waals surface area contributed by atoms with Crippen molar-refractivity contribution in [2.24, 2.45) is 10.9 Å². The molecule has 1 unspecified atom stereocenters. The SMILES string of the molecule is COC(=O)c1cc(C)c(N=Cc2cc(N3CCCC(CO)C3)ccc2C)c(C)c1. The van der Waals surface area contributed by atoms with E-state index in [1.165, 1.54) is 12.8 Å². The van der Waals surface area contributed by atoms with E-state index in [9.17, 15) is 9.90 Å². The van der Waals surface area contributed by atoms with Crippen LogP contribution in [0.1, 0.15) is 45.5 Å². The molecule has 0 aliphatic carbocycles. The van der Waals surface area contributed by atoms with Gasteiger partial charge in [-0.05, 0) is 86.1 Å². The second-order valence-electron chi connectivity index (χ2n) is 7.89. The first kappa shape index (κ1) is 21.1. The third kappa shape index (κ3) is 4.85. The van der Waals surface area contributed by atoms with Gasteiger partial charge in [0.1, 0.15) is 0 Å². The van der Waals surface area contributed by atoms with E-state index in [-0.39, 0.29) is 12.6 Å². The van der Waals surface area contributed by atoms with Gasteiger partial charge in [-0.2, -0.15) is 0 Å². The Kier molecular flexibility index (Phi) is 6.70. The van der Waals surface area contributed by atoms with E-state index in [0.717, 1.165) is 53.9 Å². The maximum absolute atomic E-state index is 11.8. The number of hydrogen-bond donors (Lipinski definition) is 1. The molecule has 1 saturated heterocycles. The highest BCUT2D eigenvalue weighted by Gasteiger charge is 2.19. The lowest BCUT2D eigenvalue weighted by atomic mass is 9.98. The van der Waals surface area contributed by atoms with Gasteiger partial charge in [0.15, 0.2) is 0 Å². The molecule has 1 aliphatic rings. The maximum atomic E-state index is 11.8. The van der Waals surface area contributed by atoms with Crippen molar-refractivity contribution in [3.05, 3.63) is 58.1 Å². The van der Waals surface area contributed by atoms with E-state index in [4.69, 9.17) is 9.73 Å². The Bertz CT molecular complexity index is 897. The summed E-state index contributed by atoms with van der Waals surface area (Å²) in [6, 6.07) is 10.1. The second-order valence-corrected chi connectivity index (χ2v) is 7.89. The Morgan fingerprint density at radius 2 is 1.93 bits per heavy atom. The maximum Gasteiger partial charge on any atom is 0.337 e. The Morgan fingerprint density at radius 1 is 1.21 bits per heavy atom. The molecule has 1 aliphatic heterocycles. The Morgan fingerprint density at radius 3 is 2.59 bits per heavy atom. The first-order valence-electron chi connectivity index (χ1n) is 10.1. The summed E-state index contributed by atoms with van der Waals surface area (Å²) >= 11 is 0. The number of carbonyl (C=O) groups excluding carboxylic acids is 1. The van der Waals surface area contributed by atoms with Crippen LogP contribution in [-0.2, 0) is 4.74 Å². The van der Waals surface area contributed by atoms with E-state index < -0.39 is 0 Å². The zero-order valence-electron chi connectivity index (χ0n) is 17.7. The van der Waals surface area contributed by atoms with E-state index >= 15 is 0 Å². The fourth-order valence-electron chi connectivity index (χ4n) is 3.94. The van der Waals surface area contributed by atoms with Crippen LogP contribution in [0.15, 0.2) is 35.3 Å². The lowest BCUT2D eigenvalue weighted by molar-refractivity contribution is 0.0600. The lowest BCUT2D eigenvalue weighted by Crippen LogP contribution is -2.36. The number of benzene rings is 2. The van der Waals surface area contributed by atoms with E-state index in [1.807, 2.05) is 32.2 Å². The third-order valence-corrected chi connectivity index (χ3v) is 5.65. The molecule has 5 heteroatoms. The van der Waals surface area contributed by atoms with E-state index in [2.05, 4.69) is 30.0 Å². The summed E-state index contributed by atoms with van der Waals surface area (Å²) in [6.45, 7) is 8.15. The van der Waals surface area contributed by atoms with Crippen molar-refractivity contribution in [2.45, 2.75) is 33.6 Å². The van der Waals surface area contributed by atoms with Crippen LogP contribution in [0, 0.1) is 26.7 Å². The zero-order chi connectivity index (χ0) is 21.0. The van der Waals surface area contributed by atoms with Gasteiger partial charge in [-0.1, -0.05) is 6.07 Å². The summed E-state index contributed by atoms with van der Waals surface area (Å²) in [5, 5.41) is 9.51. The van der Waals surface area contributed by atoms with Crippen molar-refractivity contribution >= 4 is 23.6 Å². The summed E-state index contributed by atoms with van der Waals surface area (Å²) in [5.74, 6) is 0.0128. The van der Waals surface area contributed by atoms with Gasteiger partial charge in [0.05, 0.1) is 18.4 Å². The first-order chi connectivity index (χ1) is 13.9. The van der Waals surface area contributed by atoms with E-state index in [1.54, 1.807) is 0 Å². The molecule has 3 rings (SSSR count). The number of rotatable bonds is 5. The van der Waals surface area contributed by atoms with Crippen molar-refractivity contribution in [1.29, 1.82) is 0 Å². The summed E-state index contributed by atoms with van der Waals surface area (Å²) < 4.78 is 4.82. The van der Waals surface area contributed by atoms with Crippen LogP contribution >= 0.6 is 0 Å². The van der Waals surface area contributed by atoms with Crippen LogP contribution in [0.2, 0.25) is 0 Å². The molecule has 1 heterocycles. The van der Waals surface area contributed by atoms with Crippen LogP contribution in [0.4, 0.5) is 11.4 Å².